The van der Waals surface area contributed by atoms with Crippen molar-refractivity contribution >= 4 is 0 Å². The number of hydrogen-bond acceptors (Lipinski definition) is 2. The van der Waals surface area contributed by atoms with Crippen molar-refractivity contribution in [3.63, 3.8) is 0 Å². The van der Waals surface area contributed by atoms with Crippen LogP contribution in [-0.2, 0) is 6.54 Å². The van der Waals surface area contributed by atoms with Crippen LogP contribution in [0, 0.1) is 17.7 Å². The average Bonchev–Trinajstić information content (AvgIpc) is 3.11. The predicted molar refractivity (Wildman–Crippen MR) is 71.2 cm³/mol. The fourth-order valence-electron chi connectivity index (χ4n) is 1.77. The highest BCUT2D eigenvalue weighted by atomic mass is 19.1. The van der Waals surface area contributed by atoms with Gasteiger partial charge in [0.2, 0.25) is 0 Å². The summed E-state index contributed by atoms with van der Waals surface area (Å²) in [4.78, 5) is 0. The molecule has 0 radical (unpaired) electrons. The van der Waals surface area contributed by atoms with Gasteiger partial charge in [-0.25, -0.2) is 4.39 Å². The summed E-state index contributed by atoms with van der Waals surface area (Å²) in [5, 5.41) is 3.30. The van der Waals surface area contributed by atoms with Crippen molar-refractivity contribution in [1.82, 2.24) is 5.32 Å². The summed E-state index contributed by atoms with van der Waals surface area (Å²) in [6.45, 7) is 6.62. The Morgan fingerprint density at radius 2 is 2.17 bits per heavy atom. The highest BCUT2D eigenvalue weighted by molar-refractivity contribution is 5.29. The van der Waals surface area contributed by atoms with E-state index >= 15 is 0 Å². The fourth-order valence-corrected chi connectivity index (χ4v) is 1.77. The molecule has 0 aliphatic heterocycles. The van der Waals surface area contributed by atoms with Crippen LogP contribution in [0.5, 0.6) is 5.75 Å². The smallest absolute Gasteiger partial charge is 0.165 e. The molecule has 0 aromatic heterocycles. The third kappa shape index (κ3) is 4.30. The van der Waals surface area contributed by atoms with E-state index in [9.17, 15) is 4.39 Å². The largest absolute Gasteiger partial charge is 0.490 e. The first-order valence-corrected chi connectivity index (χ1v) is 6.77. The zero-order chi connectivity index (χ0) is 13.0. The minimum atomic E-state index is -0.250. The van der Waals surface area contributed by atoms with Gasteiger partial charge in [0.25, 0.3) is 0 Å². The normalized spacial score (nSPS) is 15.1. The van der Waals surface area contributed by atoms with E-state index in [0.29, 0.717) is 30.7 Å². The molecular weight excluding hydrogens is 229 g/mol. The fraction of sp³-hybridized carbons (Fsp3) is 0.600. The Morgan fingerprint density at radius 1 is 1.39 bits per heavy atom. The van der Waals surface area contributed by atoms with Crippen LogP contribution >= 0.6 is 0 Å². The minimum absolute atomic E-state index is 0.250. The van der Waals surface area contributed by atoms with E-state index in [4.69, 9.17) is 4.74 Å². The average molecular weight is 251 g/mol. The summed E-state index contributed by atoms with van der Waals surface area (Å²) in [7, 11) is 0. The first-order chi connectivity index (χ1) is 8.65. The van der Waals surface area contributed by atoms with Gasteiger partial charge in [0.05, 0.1) is 6.61 Å². The number of benzene rings is 1. The Hall–Kier alpha value is -1.09. The zero-order valence-electron chi connectivity index (χ0n) is 11.2. The number of ether oxygens (including phenoxy) is 1. The monoisotopic (exact) mass is 251 g/mol. The van der Waals surface area contributed by atoms with Crippen LogP contribution in [0.15, 0.2) is 18.2 Å². The van der Waals surface area contributed by atoms with Crippen LogP contribution in [0.2, 0.25) is 0 Å². The quantitative estimate of drug-likeness (QED) is 0.802. The topological polar surface area (TPSA) is 21.3 Å². The molecule has 0 unspecified atom stereocenters. The molecule has 0 spiro atoms. The molecule has 2 rings (SSSR count). The molecular formula is C15H22FNO. The number of halogens is 1. The van der Waals surface area contributed by atoms with E-state index in [1.54, 1.807) is 12.1 Å². The Balaban J connectivity index is 1.83. The maximum absolute atomic E-state index is 13.8. The third-order valence-electron chi connectivity index (χ3n) is 3.05. The van der Waals surface area contributed by atoms with Crippen molar-refractivity contribution in [3.05, 3.63) is 29.6 Å². The van der Waals surface area contributed by atoms with Crippen LogP contribution in [0.25, 0.3) is 0 Å². The Morgan fingerprint density at radius 3 is 2.78 bits per heavy atom. The van der Waals surface area contributed by atoms with E-state index in [1.165, 1.54) is 12.8 Å². The van der Waals surface area contributed by atoms with Crippen LogP contribution in [0.3, 0.4) is 0 Å². The molecule has 1 fully saturated rings. The lowest BCUT2D eigenvalue weighted by Crippen LogP contribution is -2.19. The number of rotatable bonds is 7. The molecule has 18 heavy (non-hydrogen) atoms. The van der Waals surface area contributed by atoms with Gasteiger partial charge in [-0.2, -0.15) is 0 Å². The second-order valence-electron chi connectivity index (χ2n) is 5.54. The highest BCUT2D eigenvalue weighted by Gasteiger charge is 2.22. The molecule has 3 heteroatoms. The van der Waals surface area contributed by atoms with E-state index in [-0.39, 0.29) is 5.82 Å². The van der Waals surface area contributed by atoms with Gasteiger partial charge in [0.15, 0.2) is 11.6 Å². The molecule has 1 aliphatic carbocycles. The molecule has 2 nitrogen and oxygen atoms in total. The summed E-state index contributed by atoms with van der Waals surface area (Å²) in [6.07, 6.45) is 2.44. The molecule has 1 aromatic rings. The van der Waals surface area contributed by atoms with Gasteiger partial charge in [-0.15, -0.1) is 0 Å². The highest BCUT2D eigenvalue weighted by Crippen LogP contribution is 2.30. The lowest BCUT2D eigenvalue weighted by Gasteiger charge is -2.10. The molecule has 0 atom stereocenters. The van der Waals surface area contributed by atoms with Crippen LogP contribution in [0.4, 0.5) is 4.39 Å². The molecule has 0 amide bonds. The van der Waals surface area contributed by atoms with Gasteiger partial charge in [0, 0.05) is 6.54 Å². The third-order valence-corrected chi connectivity index (χ3v) is 3.05. The molecule has 1 saturated carbocycles. The van der Waals surface area contributed by atoms with E-state index in [2.05, 4.69) is 19.2 Å². The van der Waals surface area contributed by atoms with Gasteiger partial charge in [-0.05, 0) is 48.9 Å². The van der Waals surface area contributed by atoms with Crippen LogP contribution in [-0.4, -0.2) is 13.2 Å². The van der Waals surface area contributed by atoms with Crippen molar-refractivity contribution in [2.24, 2.45) is 11.8 Å². The molecule has 1 aliphatic rings. The first-order valence-electron chi connectivity index (χ1n) is 6.77. The van der Waals surface area contributed by atoms with Crippen molar-refractivity contribution in [1.29, 1.82) is 0 Å². The van der Waals surface area contributed by atoms with Gasteiger partial charge >= 0.3 is 0 Å². The summed E-state index contributed by atoms with van der Waals surface area (Å²) >= 11 is 0. The lowest BCUT2D eigenvalue weighted by molar-refractivity contribution is 0.285. The number of hydrogen-bond donors (Lipinski definition) is 1. The van der Waals surface area contributed by atoms with Gasteiger partial charge in [-0.3, -0.25) is 0 Å². The molecule has 1 aromatic carbocycles. The van der Waals surface area contributed by atoms with E-state index in [1.807, 2.05) is 6.07 Å². The van der Waals surface area contributed by atoms with Gasteiger partial charge in [-0.1, -0.05) is 19.9 Å². The Kier molecular flexibility index (Phi) is 4.59. The van der Waals surface area contributed by atoms with Crippen molar-refractivity contribution in [2.75, 3.05) is 13.2 Å². The molecule has 0 saturated heterocycles. The predicted octanol–water partition coefficient (Wildman–Crippen LogP) is 3.36. The Labute approximate surface area is 109 Å². The van der Waals surface area contributed by atoms with Gasteiger partial charge in [0.1, 0.15) is 0 Å². The SMILES string of the molecule is CC(C)CNCc1ccc(OCC2CC2)c(F)c1. The van der Waals surface area contributed by atoms with Crippen molar-refractivity contribution in [3.8, 4) is 5.75 Å². The summed E-state index contributed by atoms with van der Waals surface area (Å²) in [5.74, 6) is 1.39. The molecule has 0 heterocycles. The first kappa shape index (κ1) is 13.3. The summed E-state index contributed by atoms with van der Waals surface area (Å²) < 4.78 is 19.2. The summed E-state index contributed by atoms with van der Waals surface area (Å²) in [5.41, 5.74) is 0.965. The van der Waals surface area contributed by atoms with Gasteiger partial charge < -0.3 is 10.1 Å². The maximum Gasteiger partial charge on any atom is 0.165 e. The summed E-state index contributed by atoms with van der Waals surface area (Å²) in [6, 6.07) is 5.23. The lowest BCUT2D eigenvalue weighted by atomic mass is 10.2. The standard InChI is InChI=1S/C15H22FNO/c1-11(2)8-17-9-13-5-6-15(14(16)7-13)18-10-12-3-4-12/h5-7,11-12,17H,3-4,8-10H2,1-2H3. The molecule has 1 N–H and O–H groups in total. The van der Waals surface area contributed by atoms with E-state index < -0.39 is 0 Å². The van der Waals surface area contributed by atoms with E-state index in [0.717, 1.165) is 12.1 Å². The van der Waals surface area contributed by atoms with Crippen molar-refractivity contribution in [2.45, 2.75) is 33.2 Å². The second kappa shape index (κ2) is 6.19. The van der Waals surface area contributed by atoms with Crippen LogP contribution in [0.1, 0.15) is 32.3 Å². The second-order valence-corrected chi connectivity index (χ2v) is 5.54. The molecule has 0 bridgehead atoms. The Bertz CT molecular complexity index is 388. The van der Waals surface area contributed by atoms with Crippen LogP contribution < -0.4 is 10.1 Å². The number of nitrogens with one attached hydrogen (secondary N) is 1. The maximum atomic E-state index is 13.8. The van der Waals surface area contributed by atoms with Crippen molar-refractivity contribution < 1.29 is 9.13 Å². The molecule has 100 valence electrons. The minimum Gasteiger partial charge on any atom is -0.490 e. The zero-order valence-corrected chi connectivity index (χ0v) is 11.2.